The van der Waals surface area contributed by atoms with Crippen molar-refractivity contribution in [2.24, 2.45) is 11.8 Å². The van der Waals surface area contributed by atoms with Gasteiger partial charge in [0.05, 0.1) is 11.6 Å². The first kappa shape index (κ1) is 39.0. The Balaban J connectivity index is 1.63. The van der Waals surface area contributed by atoms with Gasteiger partial charge >= 0.3 is 6.36 Å². The molecule has 0 bridgehead atoms. The van der Waals surface area contributed by atoms with Gasteiger partial charge in [-0.15, -0.1) is 26.3 Å². The van der Waals surface area contributed by atoms with Crippen LogP contribution < -0.4 is 9.47 Å². The fourth-order valence-corrected chi connectivity index (χ4v) is 9.24. The molecule has 14 heteroatoms. The molecule has 0 amide bonds. The second-order valence-corrected chi connectivity index (χ2v) is 20.4. The zero-order valence-corrected chi connectivity index (χ0v) is 32.2. The summed E-state index contributed by atoms with van der Waals surface area (Å²) in [5.41, 5.74) is -2.25. The highest BCUT2D eigenvalue weighted by Crippen LogP contribution is 2.60. The van der Waals surface area contributed by atoms with Crippen molar-refractivity contribution in [1.29, 1.82) is 0 Å². The highest BCUT2D eigenvalue weighted by molar-refractivity contribution is 6.74. The smallest absolute Gasteiger partial charge is 0.507 e. The molecule has 3 aliphatic rings. The summed E-state index contributed by atoms with van der Waals surface area (Å²) in [6.45, 7) is 19.4. The number of aromatic hydroxyl groups is 1. The van der Waals surface area contributed by atoms with Gasteiger partial charge in [-0.3, -0.25) is 14.5 Å². The van der Waals surface area contributed by atoms with Crippen LogP contribution in [-0.2, 0) is 22.2 Å². The van der Waals surface area contributed by atoms with Crippen LogP contribution in [-0.4, -0.2) is 65.2 Å². The number of aliphatic hydroxyl groups is 1. The van der Waals surface area contributed by atoms with Crippen molar-refractivity contribution in [2.45, 2.75) is 83.3 Å². The topological polar surface area (TPSA) is 132 Å². The molecule has 0 saturated heterocycles. The minimum absolute atomic E-state index is 0.0131. The minimum Gasteiger partial charge on any atom is -0.507 e. The molecule has 3 aliphatic carbocycles. The molecule has 6 rings (SSSR count). The molecular weight excluding hydrogens is 722 g/mol. The number of alkyl halides is 3. The van der Waals surface area contributed by atoms with Crippen molar-refractivity contribution in [3.8, 4) is 17.4 Å². The van der Waals surface area contributed by atoms with Crippen LogP contribution in [0.3, 0.4) is 0 Å². The van der Waals surface area contributed by atoms with Gasteiger partial charge in [-0.05, 0) is 66.2 Å². The Morgan fingerprint density at radius 2 is 1.70 bits per heavy atom. The van der Waals surface area contributed by atoms with E-state index in [1.807, 2.05) is 69.1 Å². The van der Waals surface area contributed by atoms with Gasteiger partial charge < -0.3 is 28.6 Å². The van der Waals surface area contributed by atoms with Gasteiger partial charge in [-0.1, -0.05) is 63.3 Å². The van der Waals surface area contributed by atoms with E-state index in [4.69, 9.17) is 13.7 Å². The Labute approximate surface area is 313 Å². The van der Waals surface area contributed by atoms with Crippen LogP contribution >= 0.6 is 0 Å². The molecular formula is C40H45F3N2O8Si. The van der Waals surface area contributed by atoms with Crippen molar-refractivity contribution < 1.29 is 51.4 Å². The summed E-state index contributed by atoms with van der Waals surface area (Å²) in [5.74, 6) is -5.34. The van der Waals surface area contributed by atoms with E-state index in [1.165, 1.54) is 6.92 Å². The van der Waals surface area contributed by atoms with Gasteiger partial charge in [0.15, 0.2) is 19.7 Å². The maximum Gasteiger partial charge on any atom is 0.573 e. The Morgan fingerprint density at radius 1 is 1.06 bits per heavy atom. The SMILES string of the molecule is C=CCN(CC=C)[C@@H]1c2onc(OCc3ccccc3)c2C(=O)[C@@]2(O[Si](C)(C)C(C)(C)C)C(=O)C3=C(O)c4c(O)c(C)cc(OC(F)(F)F)c4C[C@H]3C[C@@H]12. The van der Waals surface area contributed by atoms with Crippen molar-refractivity contribution in [3.05, 3.63) is 101 Å². The molecule has 0 radical (unpaired) electrons. The summed E-state index contributed by atoms with van der Waals surface area (Å²) in [7, 11) is -3.08. The van der Waals surface area contributed by atoms with Crippen molar-refractivity contribution in [1.82, 2.24) is 10.1 Å². The summed E-state index contributed by atoms with van der Waals surface area (Å²) in [6, 6.07) is 9.39. The van der Waals surface area contributed by atoms with Crippen LogP contribution in [0.2, 0.25) is 18.1 Å². The highest BCUT2D eigenvalue weighted by Gasteiger charge is 2.69. The summed E-state index contributed by atoms with van der Waals surface area (Å²) < 4.78 is 64.6. The number of aliphatic hydroxyl groups excluding tert-OH is 1. The van der Waals surface area contributed by atoms with Gasteiger partial charge in [0.1, 0.15) is 29.4 Å². The molecule has 0 unspecified atom stereocenters. The van der Waals surface area contributed by atoms with E-state index in [2.05, 4.69) is 23.1 Å². The van der Waals surface area contributed by atoms with Crippen molar-refractivity contribution in [3.63, 3.8) is 0 Å². The molecule has 2 N–H and O–H groups in total. The Bertz CT molecular complexity index is 2020. The average Bonchev–Trinajstić information content (AvgIpc) is 3.50. The van der Waals surface area contributed by atoms with Crippen molar-refractivity contribution >= 4 is 25.6 Å². The van der Waals surface area contributed by atoms with Crippen LogP contribution in [0.15, 0.2) is 71.8 Å². The normalized spacial score (nSPS) is 22.7. The minimum atomic E-state index is -5.08. The number of Topliss-reactive ketones (excluding diaryl/α,β-unsaturated/α-hetero) is 2. The Hall–Kier alpha value is -4.66. The molecule has 288 valence electrons. The Morgan fingerprint density at radius 3 is 2.30 bits per heavy atom. The molecule has 1 fully saturated rings. The molecule has 0 spiro atoms. The molecule has 2 aromatic carbocycles. The van der Waals surface area contributed by atoms with Crippen LogP contribution in [0.25, 0.3) is 5.76 Å². The highest BCUT2D eigenvalue weighted by atomic mass is 28.4. The van der Waals surface area contributed by atoms with Gasteiger partial charge in [-0.25, -0.2) is 0 Å². The predicted molar refractivity (Wildman–Crippen MR) is 197 cm³/mol. The number of fused-ring (bicyclic) bond motifs is 4. The van der Waals surface area contributed by atoms with E-state index in [0.717, 1.165) is 11.6 Å². The monoisotopic (exact) mass is 766 g/mol. The Kier molecular flexibility index (Phi) is 10.0. The van der Waals surface area contributed by atoms with Crippen LogP contribution in [0.5, 0.6) is 17.4 Å². The molecule has 0 aliphatic heterocycles. The number of carbonyl (C=O) groups excluding carboxylic acids is 2. The van der Waals surface area contributed by atoms with Gasteiger partial charge in [0.25, 0.3) is 5.88 Å². The lowest BCUT2D eigenvalue weighted by atomic mass is 9.57. The van der Waals surface area contributed by atoms with Crippen molar-refractivity contribution in [2.75, 3.05) is 13.1 Å². The fourth-order valence-electron chi connectivity index (χ4n) is 7.79. The van der Waals surface area contributed by atoms with Crippen LogP contribution in [0.4, 0.5) is 13.2 Å². The number of ketones is 2. The molecule has 1 saturated carbocycles. The first-order valence-corrected chi connectivity index (χ1v) is 20.6. The molecule has 3 aromatic rings. The summed E-state index contributed by atoms with van der Waals surface area (Å²) >= 11 is 0. The second-order valence-electron chi connectivity index (χ2n) is 15.7. The van der Waals surface area contributed by atoms with E-state index in [-0.39, 0.29) is 72.0 Å². The average molecular weight is 767 g/mol. The first-order valence-electron chi connectivity index (χ1n) is 17.7. The van der Waals surface area contributed by atoms with E-state index in [1.54, 1.807) is 12.2 Å². The third-order valence-corrected chi connectivity index (χ3v) is 15.7. The molecule has 1 heterocycles. The number of ether oxygens (including phenoxy) is 2. The number of nitrogens with zero attached hydrogens (tertiary/aromatic N) is 2. The van der Waals surface area contributed by atoms with E-state index < -0.39 is 72.0 Å². The maximum atomic E-state index is 15.6. The number of aryl methyl sites for hydroxylation is 1. The lowest BCUT2D eigenvalue weighted by molar-refractivity contribution is -0.275. The quantitative estimate of drug-likeness (QED) is 0.111. The summed E-state index contributed by atoms with van der Waals surface area (Å²) in [5, 5.41) is 26.9. The number of hydrogen-bond donors (Lipinski definition) is 2. The van der Waals surface area contributed by atoms with Gasteiger partial charge in [0.2, 0.25) is 11.6 Å². The number of phenols is 1. The third kappa shape index (κ3) is 6.47. The third-order valence-electron chi connectivity index (χ3n) is 11.2. The molecule has 10 nitrogen and oxygen atoms in total. The van der Waals surface area contributed by atoms with E-state index in [0.29, 0.717) is 0 Å². The molecule has 54 heavy (non-hydrogen) atoms. The van der Waals surface area contributed by atoms with Crippen LogP contribution in [0, 0.1) is 18.8 Å². The zero-order valence-electron chi connectivity index (χ0n) is 31.2. The fraction of sp³-hybridized carbons (Fsp3) is 0.425. The van der Waals surface area contributed by atoms with E-state index >= 15 is 9.59 Å². The number of carbonyl (C=O) groups is 2. The lowest BCUT2D eigenvalue weighted by Gasteiger charge is -2.55. The predicted octanol–water partition coefficient (Wildman–Crippen LogP) is 8.57. The first-order chi connectivity index (χ1) is 25.3. The summed E-state index contributed by atoms with van der Waals surface area (Å²) in [4.78, 5) is 33.0. The number of halogens is 3. The van der Waals surface area contributed by atoms with Gasteiger partial charge in [0, 0.05) is 30.1 Å². The molecule has 4 atom stereocenters. The standard InChI is InChI=1S/C40H45F3N2O8Si/c1-9-16-45(17-10-2)31-26-20-24-19-25-27(51-40(41,42)43)18-22(3)32(46)29(25)33(47)28(24)35(48)39(26,53-54(7,8)38(4,5)6)36(49)30-34(31)52-44-37(30)50-21-23-14-12-11-13-15-23/h9-15,18,24,26,31,46-47H,1-2,16-17,19-21H2,3-8H3/t24-,26-,31-,39-/m0/s1. The second kappa shape index (κ2) is 13.9. The van der Waals surface area contributed by atoms with Crippen LogP contribution in [0.1, 0.15) is 71.6 Å². The molecule has 1 aromatic heterocycles. The van der Waals surface area contributed by atoms with E-state index in [9.17, 15) is 23.4 Å². The number of benzene rings is 2. The maximum absolute atomic E-state index is 15.6. The lowest BCUT2D eigenvalue weighted by Crippen LogP contribution is -2.68. The number of phenolic OH excluding ortho intramolecular Hbond substituents is 1. The van der Waals surface area contributed by atoms with Gasteiger partial charge in [-0.2, -0.15) is 0 Å². The summed E-state index contributed by atoms with van der Waals surface area (Å²) in [6.07, 6.45) is -2.00. The number of aromatic nitrogens is 1. The largest absolute Gasteiger partial charge is 0.573 e. The number of rotatable bonds is 11. The zero-order chi connectivity index (χ0) is 39.5. The number of hydrogen-bond acceptors (Lipinski definition) is 10.